The van der Waals surface area contributed by atoms with Gasteiger partial charge in [0.2, 0.25) is 0 Å². The highest BCUT2D eigenvalue weighted by Gasteiger charge is 2.44. The summed E-state index contributed by atoms with van der Waals surface area (Å²) in [6.45, 7) is 0. The van der Waals surface area contributed by atoms with Gasteiger partial charge < -0.3 is 0 Å². The molecule has 1 aromatic heterocycles. The van der Waals surface area contributed by atoms with Crippen LogP contribution in [0, 0.1) is 5.41 Å². The van der Waals surface area contributed by atoms with Crippen molar-refractivity contribution in [1.29, 1.82) is 0 Å². The fourth-order valence-corrected chi connectivity index (χ4v) is 3.21. The second kappa shape index (κ2) is 6.38. The van der Waals surface area contributed by atoms with Crippen LogP contribution < -0.4 is 0 Å². The molecule has 0 bridgehead atoms. The number of aryl methyl sites for hydroxylation is 1. The third-order valence-electron chi connectivity index (χ3n) is 4.86. The number of carbonyl (C=O) groups is 1. The molecule has 0 radical (unpaired) electrons. The fourth-order valence-electron chi connectivity index (χ4n) is 3.21. The SMILES string of the molecule is O=C(c1ccccn1)C1(CCc2ccc(C(F)(F)F)cc2)CCC1. The lowest BCUT2D eigenvalue weighted by Gasteiger charge is -2.40. The zero-order valence-corrected chi connectivity index (χ0v) is 13.1. The van der Waals surface area contributed by atoms with Gasteiger partial charge in [-0.1, -0.05) is 24.6 Å². The van der Waals surface area contributed by atoms with Crippen molar-refractivity contribution in [3.63, 3.8) is 0 Å². The van der Waals surface area contributed by atoms with Crippen LogP contribution in [-0.4, -0.2) is 10.8 Å². The first-order chi connectivity index (χ1) is 11.4. The highest BCUT2D eigenvalue weighted by atomic mass is 19.4. The number of halogens is 3. The number of carbonyl (C=O) groups excluding carboxylic acids is 1. The quantitative estimate of drug-likeness (QED) is 0.714. The maximum absolute atomic E-state index is 12.7. The Bertz CT molecular complexity index is 704. The molecule has 126 valence electrons. The molecule has 1 aromatic carbocycles. The number of hydrogen-bond donors (Lipinski definition) is 0. The van der Waals surface area contributed by atoms with E-state index in [0.717, 1.165) is 37.0 Å². The van der Waals surface area contributed by atoms with Crippen LogP contribution in [0.25, 0.3) is 0 Å². The van der Waals surface area contributed by atoms with E-state index in [1.165, 1.54) is 12.1 Å². The largest absolute Gasteiger partial charge is 0.416 e. The molecule has 1 aliphatic rings. The minimum Gasteiger partial charge on any atom is -0.292 e. The number of aromatic nitrogens is 1. The second-order valence-corrected chi connectivity index (χ2v) is 6.37. The molecule has 24 heavy (non-hydrogen) atoms. The van der Waals surface area contributed by atoms with Crippen LogP contribution in [0.5, 0.6) is 0 Å². The number of hydrogen-bond acceptors (Lipinski definition) is 2. The molecule has 0 amide bonds. The lowest BCUT2D eigenvalue weighted by molar-refractivity contribution is -0.137. The summed E-state index contributed by atoms with van der Waals surface area (Å²) in [5.41, 5.74) is 0.249. The molecule has 0 atom stereocenters. The molecule has 5 heteroatoms. The van der Waals surface area contributed by atoms with E-state index in [-0.39, 0.29) is 5.78 Å². The molecule has 0 N–H and O–H groups in total. The van der Waals surface area contributed by atoms with Gasteiger partial charge >= 0.3 is 6.18 Å². The summed E-state index contributed by atoms with van der Waals surface area (Å²) < 4.78 is 37.8. The lowest BCUT2D eigenvalue weighted by Crippen LogP contribution is -2.39. The number of nitrogens with zero attached hydrogens (tertiary/aromatic N) is 1. The number of pyridine rings is 1. The van der Waals surface area contributed by atoms with Gasteiger partial charge in [-0.05, 0) is 55.5 Å². The van der Waals surface area contributed by atoms with Gasteiger partial charge in [0.15, 0.2) is 5.78 Å². The zero-order valence-electron chi connectivity index (χ0n) is 13.1. The van der Waals surface area contributed by atoms with Crippen molar-refractivity contribution in [3.05, 3.63) is 65.5 Å². The first kappa shape index (κ1) is 16.7. The summed E-state index contributed by atoms with van der Waals surface area (Å²) in [5, 5.41) is 0. The predicted octanol–water partition coefficient (Wildman–Crippen LogP) is 5.09. The first-order valence-corrected chi connectivity index (χ1v) is 8.03. The van der Waals surface area contributed by atoms with E-state index >= 15 is 0 Å². The van der Waals surface area contributed by atoms with E-state index in [1.54, 1.807) is 24.4 Å². The van der Waals surface area contributed by atoms with Crippen LogP contribution in [-0.2, 0) is 12.6 Å². The summed E-state index contributed by atoms with van der Waals surface area (Å²) in [4.78, 5) is 16.9. The van der Waals surface area contributed by atoms with Gasteiger partial charge in [-0.3, -0.25) is 9.78 Å². The van der Waals surface area contributed by atoms with E-state index in [9.17, 15) is 18.0 Å². The highest BCUT2D eigenvalue weighted by molar-refractivity contribution is 5.99. The van der Waals surface area contributed by atoms with Gasteiger partial charge in [0, 0.05) is 11.6 Å². The average molecular weight is 333 g/mol. The molecular formula is C19H18F3NO. The molecule has 3 rings (SSSR count). The second-order valence-electron chi connectivity index (χ2n) is 6.37. The summed E-state index contributed by atoms with van der Waals surface area (Å²) >= 11 is 0. The number of ketones is 1. The van der Waals surface area contributed by atoms with Crippen LogP contribution in [0.3, 0.4) is 0 Å². The summed E-state index contributed by atoms with van der Waals surface area (Å²) in [5.74, 6) is 0.0567. The van der Waals surface area contributed by atoms with Gasteiger partial charge in [0.1, 0.15) is 5.69 Å². The van der Waals surface area contributed by atoms with E-state index in [0.29, 0.717) is 18.5 Å². The third-order valence-corrected chi connectivity index (χ3v) is 4.86. The normalized spacial score (nSPS) is 16.5. The molecule has 1 fully saturated rings. The van der Waals surface area contributed by atoms with Gasteiger partial charge in [-0.25, -0.2) is 0 Å². The molecule has 1 aliphatic carbocycles. The number of rotatable bonds is 5. The molecular weight excluding hydrogens is 315 g/mol. The Morgan fingerprint density at radius 2 is 1.79 bits per heavy atom. The van der Waals surface area contributed by atoms with Gasteiger partial charge in [-0.2, -0.15) is 13.2 Å². The van der Waals surface area contributed by atoms with Crippen LogP contribution >= 0.6 is 0 Å². The molecule has 0 unspecified atom stereocenters. The number of benzene rings is 1. The highest BCUT2D eigenvalue weighted by Crippen LogP contribution is 2.47. The monoisotopic (exact) mass is 333 g/mol. The Balaban J connectivity index is 1.69. The Kier molecular flexibility index (Phi) is 4.43. The summed E-state index contributed by atoms with van der Waals surface area (Å²) in [7, 11) is 0. The van der Waals surface area contributed by atoms with E-state index in [1.807, 2.05) is 0 Å². The van der Waals surface area contributed by atoms with Crippen molar-refractivity contribution < 1.29 is 18.0 Å². The van der Waals surface area contributed by atoms with Crippen molar-refractivity contribution in [2.45, 2.75) is 38.3 Å². The van der Waals surface area contributed by atoms with Gasteiger partial charge in [0.25, 0.3) is 0 Å². The van der Waals surface area contributed by atoms with E-state index < -0.39 is 17.2 Å². The van der Waals surface area contributed by atoms with Crippen LogP contribution in [0.15, 0.2) is 48.7 Å². The minimum atomic E-state index is -4.32. The summed E-state index contributed by atoms with van der Waals surface area (Å²) in [6.07, 6.45) is 1.18. The number of alkyl halides is 3. The van der Waals surface area contributed by atoms with E-state index in [2.05, 4.69) is 4.98 Å². The third kappa shape index (κ3) is 3.35. The minimum absolute atomic E-state index is 0.0567. The van der Waals surface area contributed by atoms with Crippen LogP contribution in [0.2, 0.25) is 0 Å². The van der Waals surface area contributed by atoms with E-state index in [4.69, 9.17) is 0 Å². The Labute approximate surface area is 138 Å². The lowest BCUT2D eigenvalue weighted by atomic mass is 9.62. The van der Waals surface area contributed by atoms with Crippen molar-refractivity contribution in [2.75, 3.05) is 0 Å². The molecule has 0 spiro atoms. The van der Waals surface area contributed by atoms with Crippen LogP contribution in [0.4, 0.5) is 13.2 Å². The average Bonchev–Trinajstić information content (AvgIpc) is 2.54. The van der Waals surface area contributed by atoms with Gasteiger partial charge in [-0.15, -0.1) is 0 Å². The molecule has 1 heterocycles. The Morgan fingerprint density at radius 3 is 2.29 bits per heavy atom. The fraction of sp³-hybridized carbons (Fsp3) is 0.368. The van der Waals surface area contributed by atoms with Crippen molar-refractivity contribution in [1.82, 2.24) is 4.98 Å². The molecule has 0 aliphatic heterocycles. The standard InChI is InChI=1S/C19H18F3NO/c20-19(21,22)15-7-5-14(6-8-15)9-12-18(10-3-11-18)17(24)16-4-1-2-13-23-16/h1-2,4-8,13H,3,9-12H2. The van der Waals surface area contributed by atoms with Crippen molar-refractivity contribution >= 4 is 5.78 Å². The molecule has 2 aromatic rings. The summed E-state index contributed by atoms with van der Waals surface area (Å²) in [6, 6.07) is 10.5. The molecule has 1 saturated carbocycles. The zero-order chi connectivity index (χ0) is 17.2. The Hall–Kier alpha value is -2.17. The van der Waals surface area contributed by atoms with Crippen molar-refractivity contribution in [3.8, 4) is 0 Å². The molecule has 0 saturated heterocycles. The van der Waals surface area contributed by atoms with Crippen molar-refractivity contribution in [2.24, 2.45) is 5.41 Å². The van der Waals surface area contributed by atoms with Crippen LogP contribution in [0.1, 0.15) is 47.3 Å². The smallest absolute Gasteiger partial charge is 0.292 e. The Morgan fingerprint density at radius 1 is 1.08 bits per heavy atom. The first-order valence-electron chi connectivity index (χ1n) is 8.03. The maximum Gasteiger partial charge on any atom is 0.416 e. The maximum atomic E-state index is 12.7. The predicted molar refractivity (Wildman–Crippen MR) is 84.6 cm³/mol. The number of Topliss-reactive ketones (excluding diaryl/α,β-unsaturated/α-hetero) is 1. The van der Waals surface area contributed by atoms with Gasteiger partial charge in [0.05, 0.1) is 5.56 Å². The molecule has 2 nitrogen and oxygen atoms in total. The topological polar surface area (TPSA) is 30.0 Å².